The third kappa shape index (κ3) is 108. The molecule has 1 N–H and O–H groups in total. The fourth-order valence-electron chi connectivity index (χ4n) is 0. The minimum Gasteiger partial charge on any atom is -0.546 e. The van der Waals surface area contributed by atoms with Crippen molar-refractivity contribution >= 4 is 0 Å². The van der Waals surface area contributed by atoms with Gasteiger partial charge in [0, 0.05) is 32.7 Å². The summed E-state index contributed by atoms with van der Waals surface area (Å²) >= 11 is 0. The Kier molecular flexibility index (Phi) is 8.21. The number of rotatable bonds is 0. The molecule has 2 heteroatoms. The van der Waals surface area contributed by atoms with E-state index in [0.29, 0.717) is 0 Å². The van der Waals surface area contributed by atoms with Gasteiger partial charge in [0.05, 0.1) is 0 Å². The van der Waals surface area contributed by atoms with Gasteiger partial charge in [0.15, 0.2) is 0 Å². The fraction of sp³-hybridized carbons (Fsp3) is 0. The molecule has 0 bridgehead atoms. The fourth-order valence-corrected chi connectivity index (χ4v) is 0. The van der Waals surface area contributed by atoms with Crippen LogP contribution in [-0.2, 0) is 32.7 Å². The van der Waals surface area contributed by atoms with Gasteiger partial charge in [-0.1, -0.05) is 5.76 Å². The van der Waals surface area contributed by atoms with Crippen LogP contribution in [0.4, 0.5) is 0 Å². The Bertz CT molecular complexity index is 29.9. The largest absolute Gasteiger partial charge is 0.546 e. The first kappa shape index (κ1) is 9.10. The minimum atomic E-state index is -0.0833. The van der Waals surface area contributed by atoms with Crippen molar-refractivity contribution in [1.82, 2.24) is 0 Å². The van der Waals surface area contributed by atoms with E-state index in [2.05, 4.69) is 13.5 Å². The molecule has 1 nitrogen and oxygen atoms in total. The number of hydrogen-bond donors (Lipinski definition) is 1. The van der Waals surface area contributed by atoms with E-state index in [1.165, 1.54) is 0 Å². The molecule has 27 valence electrons. The van der Waals surface area contributed by atoms with Crippen LogP contribution < -0.4 is 0 Å². The van der Waals surface area contributed by atoms with Crippen molar-refractivity contribution in [2.75, 3.05) is 0 Å². The van der Waals surface area contributed by atoms with Gasteiger partial charge in [0.25, 0.3) is 0 Å². The van der Waals surface area contributed by atoms with Crippen LogP contribution in [0.2, 0.25) is 0 Å². The quantitative estimate of drug-likeness (QED) is 0.397. The van der Waals surface area contributed by atoms with E-state index in [-0.39, 0.29) is 38.5 Å². The van der Waals surface area contributed by atoms with Crippen LogP contribution in [0, 0.1) is 6.92 Å². The van der Waals surface area contributed by atoms with Crippen LogP contribution in [0.5, 0.6) is 0 Å². The third-order valence-electron chi connectivity index (χ3n) is 0. The average molecular weight is 146 g/mol. The van der Waals surface area contributed by atoms with E-state index in [0.717, 1.165) is 0 Å². The van der Waals surface area contributed by atoms with Crippen LogP contribution in [0.1, 0.15) is 0 Å². The summed E-state index contributed by atoms with van der Waals surface area (Å²) in [4.78, 5) is 0. The summed E-state index contributed by atoms with van der Waals surface area (Å²) in [6.07, 6.45) is 0. The zero-order chi connectivity index (χ0) is 3.58. The maximum atomic E-state index is 7.75. The van der Waals surface area contributed by atoms with Crippen molar-refractivity contribution < 1.29 is 37.8 Å². The summed E-state index contributed by atoms with van der Waals surface area (Å²) < 4.78 is 0. The molecule has 0 saturated heterocycles. The molecule has 0 atom stereocenters. The predicted molar refractivity (Wildman–Crippen MR) is 17.1 cm³/mol. The standard InChI is InChI=1S/C3H5O.Y/c1-3(2)4;/h4H,1-2H2;/q-1;. The minimum absolute atomic E-state index is 0. The Balaban J connectivity index is 0. The summed E-state index contributed by atoms with van der Waals surface area (Å²) in [7, 11) is 0. The van der Waals surface area contributed by atoms with Gasteiger partial charge >= 0.3 is 0 Å². The zero-order valence-electron chi connectivity index (χ0n) is 2.94. The van der Waals surface area contributed by atoms with Gasteiger partial charge in [-0.25, -0.2) is 13.5 Å². The Labute approximate surface area is 57.0 Å². The molecule has 0 amide bonds. The summed E-state index contributed by atoms with van der Waals surface area (Å²) in [6, 6.07) is 0. The van der Waals surface area contributed by atoms with E-state index >= 15 is 0 Å². The van der Waals surface area contributed by atoms with E-state index in [1.807, 2.05) is 0 Å². The van der Waals surface area contributed by atoms with Gasteiger partial charge in [-0.2, -0.15) is 0 Å². The van der Waals surface area contributed by atoms with Gasteiger partial charge < -0.3 is 5.11 Å². The van der Waals surface area contributed by atoms with E-state index in [1.54, 1.807) is 0 Å². The summed E-state index contributed by atoms with van der Waals surface area (Å²) in [6.45, 7) is 6.00. The molecule has 0 aliphatic heterocycles. The van der Waals surface area contributed by atoms with Crippen molar-refractivity contribution in [3.05, 3.63) is 19.3 Å². The summed E-state index contributed by atoms with van der Waals surface area (Å²) in [5.41, 5.74) is 0. The molecule has 0 aromatic heterocycles. The first-order chi connectivity index (χ1) is 1.73. The molecule has 5 heavy (non-hydrogen) atoms. The molecular formula is C3H5OY-. The number of aliphatic hydroxyl groups excluding tert-OH is 1. The first-order valence-corrected chi connectivity index (χ1v) is 0.931. The van der Waals surface area contributed by atoms with Crippen molar-refractivity contribution in [3.63, 3.8) is 0 Å². The van der Waals surface area contributed by atoms with Crippen molar-refractivity contribution in [2.24, 2.45) is 0 Å². The van der Waals surface area contributed by atoms with Crippen LogP contribution >= 0.6 is 0 Å². The Morgan fingerprint density at radius 1 is 1.80 bits per heavy atom. The molecular weight excluding hydrogens is 141 g/mol. The van der Waals surface area contributed by atoms with Crippen LogP contribution in [0.15, 0.2) is 12.3 Å². The third-order valence-corrected chi connectivity index (χ3v) is 0. The van der Waals surface area contributed by atoms with Crippen molar-refractivity contribution in [1.29, 1.82) is 0 Å². The maximum absolute atomic E-state index is 7.75. The molecule has 0 saturated carbocycles. The van der Waals surface area contributed by atoms with Gasteiger partial charge in [0.1, 0.15) is 0 Å². The van der Waals surface area contributed by atoms with Gasteiger partial charge in [0.2, 0.25) is 0 Å². The normalized spacial score (nSPS) is 4.80. The number of allylic oxidation sites excluding steroid dienone is 1. The molecule has 0 fully saturated rings. The average Bonchev–Trinajstić information content (AvgIpc) is 0.811. The summed E-state index contributed by atoms with van der Waals surface area (Å²) in [5, 5.41) is 7.75. The number of hydrogen-bond acceptors (Lipinski definition) is 1. The van der Waals surface area contributed by atoms with Crippen LogP contribution in [0.25, 0.3) is 0 Å². The van der Waals surface area contributed by atoms with E-state index in [4.69, 9.17) is 5.11 Å². The van der Waals surface area contributed by atoms with Crippen LogP contribution in [0.3, 0.4) is 0 Å². The second-order valence-corrected chi connectivity index (χ2v) is 0.566. The number of aliphatic hydroxyl groups is 1. The maximum Gasteiger partial charge on any atom is 0 e. The Morgan fingerprint density at radius 2 is 1.80 bits per heavy atom. The molecule has 0 aliphatic carbocycles. The predicted octanol–water partition coefficient (Wildman–Crippen LogP) is 0.890. The second-order valence-electron chi connectivity index (χ2n) is 0.566. The van der Waals surface area contributed by atoms with Gasteiger partial charge in [-0.3, -0.25) is 0 Å². The zero-order valence-corrected chi connectivity index (χ0v) is 5.78. The van der Waals surface area contributed by atoms with Gasteiger partial charge in [-0.15, -0.1) is 0 Å². The monoisotopic (exact) mass is 146 g/mol. The molecule has 0 unspecified atom stereocenters. The molecule has 1 radical (unpaired) electrons. The van der Waals surface area contributed by atoms with Crippen molar-refractivity contribution in [3.8, 4) is 0 Å². The van der Waals surface area contributed by atoms with E-state index in [9.17, 15) is 0 Å². The smallest absolute Gasteiger partial charge is 0 e. The SMILES string of the molecule is C=C([CH2-])O.[Y]. The Morgan fingerprint density at radius 3 is 1.80 bits per heavy atom. The van der Waals surface area contributed by atoms with E-state index < -0.39 is 0 Å². The summed E-state index contributed by atoms with van der Waals surface area (Å²) in [5.74, 6) is -0.0833. The molecule has 0 aliphatic rings. The van der Waals surface area contributed by atoms with Gasteiger partial charge in [-0.05, 0) is 0 Å². The second kappa shape index (κ2) is 4.51. The topological polar surface area (TPSA) is 20.2 Å². The molecule has 0 spiro atoms. The van der Waals surface area contributed by atoms with Crippen molar-refractivity contribution in [2.45, 2.75) is 0 Å². The molecule has 0 rings (SSSR count). The van der Waals surface area contributed by atoms with Crippen LogP contribution in [-0.4, -0.2) is 5.11 Å². The molecule has 0 aromatic rings. The molecule has 0 aromatic carbocycles. The first-order valence-electron chi connectivity index (χ1n) is 0.931. The molecule has 0 heterocycles. The Hall–Kier alpha value is 0.514.